The minimum Gasteiger partial charge on any atom is -0.258 e. The third-order valence-corrected chi connectivity index (χ3v) is 2.22. The summed E-state index contributed by atoms with van der Waals surface area (Å²) < 4.78 is 0. The van der Waals surface area contributed by atoms with Crippen LogP contribution in [-0.2, 0) is 0 Å². The fraction of sp³-hybridized carbons (Fsp3) is 0.875. The number of hydrazine groups is 1. The van der Waals surface area contributed by atoms with Crippen molar-refractivity contribution in [2.45, 2.75) is 19.3 Å². The molecule has 0 unspecified atom stereocenters. The van der Waals surface area contributed by atoms with Gasteiger partial charge in [0.2, 0.25) is 0 Å². The number of hydrogen-bond acceptors (Lipinski definition) is 3. The van der Waals surface area contributed by atoms with Crippen LogP contribution in [0, 0.1) is 17.2 Å². The molecule has 11 heavy (non-hydrogen) atoms. The summed E-state index contributed by atoms with van der Waals surface area (Å²) in [5.74, 6) is 0.584. The quantitative estimate of drug-likeness (QED) is 0.636. The molecule has 1 atom stereocenters. The van der Waals surface area contributed by atoms with Gasteiger partial charge >= 0.3 is 0 Å². The first-order valence-corrected chi connectivity index (χ1v) is 4.16. The van der Waals surface area contributed by atoms with E-state index in [1.807, 2.05) is 7.05 Å². The summed E-state index contributed by atoms with van der Waals surface area (Å²) in [6.45, 7) is 2.16. The Bertz CT molecular complexity index is 150. The van der Waals surface area contributed by atoms with Gasteiger partial charge in [-0.05, 0) is 25.8 Å². The maximum absolute atomic E-state index is 8.49. The van der Waals surface area contributed by atoms with Crippen molar-refractivity contribution in [2.24, 2.45) is 5.92 Å². The number of nitrogens with one attached hydrogen (secondary N) is 1. The highest BCUT2D eigenvalue weighted by Gasteiger charge is 2.17. The van der Waals surface area contributed by atoms with E-state index in [9.17, 15) is 0 Å². The van der Waals surface area contributed by atoms with Gasteiger partial charge in [-0.25, -0.2) is 5.01 Å². The van der Waals surface area contributed by atoms with E-state index in [4.69, 9.17) is 5.26 Å². The summed E-state index contributed by atoms with van der Waals surface area (Å²) in [5.41, 5.74) is 3.12. The van der Waals surface area contributed by atoms with Crippen molar-refractivity contribution >= 4 is 0 Å². The summed E-state index contributed by atoms with van der Waals surface area (Å²) in [6.07, 6.45) is 3.14. The van der Waals surface area contributed by atoms with E-state index in [1.165, 1.54) is 12.8 Å². The Balaban J connectivity index is 2.28. The SMILES string of the molecule is CNN1CCC[C@H](CC#N)C1. The van der Waals surface area contributed by atoms with Crippen molar-refractivity contribution < 1.29 is 0 Å². The zero-order valence-electron chi connectivity index (χ0n) is 7.01. The first-order chi connectivity index (χ1) is 5.36. The van der Waals surface area contributed by atoms with Gasteiger partial charge in [-0.3, -0.25) is 5.43 Å². The lowest BCUT2D eigenvalue weighted by Gasteiger charge is -2.30. The third-order valence-electron chi connectivity index (χ3n) is 2.22. The highest BCUT2D eigenvalue weighted by Crippen LogP contribution is 2.17. The van der Waals surface area contributed by atoms with Crippen molar-refractivity contribution in [3.8, 4) is 6.07 Å². The monoisotopic (exact) mass is 153 g/mol. The Morgan fingerprint density at radius 1 is 1.73 bits per heavy atom. The minimum atomic E-state index is 0.584. The second kappa shape index (κ2) is 4.32. The van der Waals surface area contributed by atoms with Gasteiger partial charge in [-0.2, -0.15) is 5.26 Å². The normalized spacial score (nSPS) is 26.4. The predicted molar refractivity (Wildman–Crippen MR) is 43.6 cm³/mol. The second-order valence-corrected chi connectivity index (χ2v) is 3.04. The van der Waals surface area contributed by atoms with Crippen LogP contribution in [0.1, 0.15) is 19.3 Å². The van der Waals surface area contributed by atoms with Crippen molar-refractivity contribution in [2.75, 3.05) is 20.1 Å². The van der Waals surface area contributed by atoms with Crippen LogP contribution in [0.25, 0.3) is 0 Å². The molecule has 1 aliphatic rings. The van der Waals surface area contributed by atoms with E-state index in [2.05, 4.69) is 16.5 Å². The second-order valence-electron chi connectivity index (χ2n) is 3.04. The highest BCUT2D eigenvalue weighted by atomic mass is 15.5. The molecule has 62 valence electrons. The van der Waals surface area contributed by atoms with E-state index in [0.29, 0.717) is 12.3 Å². The Hall–Kier alpha value is -0.590. The molecule has 3 heteroatoms. The van der Waals surface area contributed by atoms with Crippen LogP contribution in [0.2, 0.25) is 0 Å². The fourth-order valence-electron chi connectivity index (χ4n) is 1.56. The molecular formula is C8H15N3. The molecule has 0 spiro atoms. The summed E-state index contributed by atoms with van der Waals surface area (Å²) in [4.78, 5) is 0. The molecule has 0 amide bonds. The molecule has 0 aliphatic carbocycles. The third kappa shape index (κ3) is 2.49. The van der Waals surface area contributed by atoms with Crippen LogP contribution >= 0.6 is 0 Å². The number of piperidine rings is 1. The van der Waals surface area contributed by atoms with Gasteiger partial charge in [-0.1, -0.05) is 0 Å². The number of hydrogen-bond donors (Lipinski definition) is 1. The minimum absolute atomic E-state index is 0.584. The maximum atomic E-state index is 8.49. The molecule has 0 radical (unpaired) electrons. The van der Waals surface area contributed by atoms with Crippen LogP contribution in [0.5, 0.6) is 0 Å². The number of nitriles is 1. The lowest BCUT2D eigenvalue weighted by molar-refractivity contribution is 0.129. The van der Waals surface area contributed by atoms with Gasteiger partial charge in [-0.15, -0.1) is 0 Å². The van der Waals surface area contributed by atoms with Gasteiger partial charge in [0, 0.05) is 19.5 Å². The Morgan fingerprint density at radius 3 is 3.18 bits per heavy atom. The molecule has 0 saturated carbocycles. The summed E-state index contributed by atoms with van der Waals surface area (Å²) in [5, 5.41) is 10.7. The Morgan fingerprint density at radius 2 is 2.55 bits per heavy atom. The molecule has 0 bridgehead atoms. The largest absolute Gasteiger partial charge is 0.258 e. The van der Waals surface area contributed by atoms with E-state index in [1.54, 1.807) is 0 Å². The average Bonchev–Trinajstić information content (AvgIpc) is 2.06. The fourth-order valence-corrected chi connectivity index (χ4v) is 1.56. The standard InChI is InChI=1S/C8H15N3/c1-10-11-6-2-3-8(7-11)4-5-9/h8,10H,2-4,6-7H2,1H3/t8-/m1/s1. The van der Waals surface area contributed by atoms with Crippen LogP contribution < -0.4 is 5.43 Å². The highest BCUT2D eigenvalue weighted by molar-refractivity contribution is 4.80. The van der Waals surface area contributed by atoms with Crippen LogP contribution in [-0.4, -0.2) is 25.1 Å². The summed E-state index contributed by atoms with van der Waals surface area (Å²) in [6, 6.07) is 2.23. The lowest BCUT2D eigenvalue weighted by Crippen LogP contribution is -2.42. The first kappa shape index (κ1) is 8.51. The van der Waals surface area contributed by atoms with Crippen molar-refractivity contribution in [3.63, 3.8) is 0 Å². The molecule has 1 saturated heterocycles. The summed E-state index contributed by atoms with van der Waals surface area (Å²) in [7, 11) is 1.94. The zero-order chi connectivity index (χ0) is 8.10. The van der Waals surface area contributed by atoms with Gasteiger partial charge < -0.3 is 0 Å². The summed E-state index contributed by atoms with van der Waals surface area (Å²) >= 11 is 0. The molecule has 1 heterocycles. The lowest BCUT2D eigenvalue weighted by atomic mass is 9.96. The molecule has 0 aromatic rings. The van der Waals surface area contributed by atoms with Crippen LogP contribution in [0.3, 0.4) is 0 Å². The topological polar surface area (TPSA) is 39.1 Å². The average molecular weight is 153 g/mol. The van der Waals surface area contributed by atoms with Crippen molar-refractivity contribution in [1.82, 2.24) is 10.4 Å². The molecule has 1 rings (SSSR count). The van der Waals surface area contributed by atoms with E-state index >= 15 is 0 Å². The molecule has 0 aromatic carbocycles. The Kier molecular flexibility index (Phi) is 3.34. The van der Waals surface area contributed by atoms with Crippen molar-refractivity contribution in [3.05, 3.63) is 0 Å². The molecule has 1 fully saturated rings. The van der Waals surface area contributed by atoms with Gasteiger partial charge in [0.1, 0.15) is 0 Å². The molecule has 0 aromatic heterocycles. The predicted octanol–water partition coefficient (Wildman–Crippen LogP) is 0.746. The van der Waals surface area contributed by atoms with E-state index < -0.39 is 0 Å². The Labute approximate surface area is 68.0 Å². The maximum Gasteiger partial charge on any atom is 0.0625 e. The van der Waals surface area contributed by atoms with E-state index in [-0.39, 0.29) is 0 Å². The van der Waals surface area contributed by atoms with Gasteiger partial charge in [0.05, 0.1) is 6.07 Å². The number of rotatable bonds is 2. The first-order valence-electron chi connectivity index (χ1n) is 4.16. The molecule has 1 N–H and O–H groups in total. The van der Waals surface area contributed by atoms with Crippen molar-refractivity contribution in [1.29, 1.82) is 5.26 Å². The molecule has 1 aliphatic heterocycles. The number of nitrogens with zero attached hydrogens (tertiary/aromatic N) is 2. The van der Waals surface area contributed by atoms with Gasteiger partial charge in [0.25, 0.3) is 0 Å². The van der Waals surface area contributed by atoms with Gasteiger partial charge in [0.15, 0.2) is 0 Å². The molecular weight excluding hydrogens is 138 g/mol. The smallest absolute Gasteiger partial charge is 0.0625 e. The van der Waals surface area contributed by atoms with Crippen LogP contribution in [0.4, 0.5) is 0 Å². The van der Waals surface area contributed by atoms with Crippen LogP contribution in [0.15, 0.2) is 0 Å². The zero-order valence-corrected chi connectivity index (χ0v) is 7.01. The van der Waals surface area contributed by atoms with E-state index in [0.717, 1.165) is 13.1 Å². The molecule has 3 nitrogen and oxygen atoms in total.